The number of anilines is 1. The lowest BCUT2D eigenvalue weighted by atomic mass is 10.1. The van der Waals surface area contributed by atoms with Crippen LogP contribution in [0.15, 0.2) is 53.0 Å². The highest BCUT2D eigenvalue weighted by molar-refractivity contribution is 9.10. The highest BCUT2D eigenvalue weighted by Crippen LogP contribution is 2.23. The molecule has 2 aromatic carbocycles. The van der Waals surface area contributed by atoms with E-state index in [1.165, 1.54) is 4.31 Å². The maximum atomic E-state index is 13.3. The normalized spacial score (nSPS) is 13.1. The third-order valence-electron chi connectivity index (χ3n) is 5.68. The first-order chi connectivity index (χ1) is 16.4. The molecular formula is C25H33BrClN3O4S. The quantitative estimate of drug-likeness (QED) is 0.380. The Labute approximate surface area is 222 Å². The molecule has 2 rings (SSSR count). The number of benzene rings is 2. The smallest absolute Gasteiger partial charge is 0.242 e. The van der Waals surface area contributed by atoms with Crippen molar-refractivity contribution < 1.29 is 18.0 Å². The minimum atomic E-state index is -3.57. The van der Waals surface area contributed by atoms with Crippen molar-refractivity contribution in [2.75, 3.05) is 17.1 Å². The first-order valence-electron chi connectivity index (χ1n) is 11.5. The third kappa shape index (κ3) is 9.13. The Balaban J connectivity index is 2.16. The van der Waals surface area contributed by atoms with Gasteiger partial charge in [0.05, 0.1) is 11.9 Å². The van der Waals surface area contributed by atoms with Gasteiger partial charge in [0, 0.05) is 35.0 Å². The number of nitrogens with zero attached hydrogens (tertiary/aromatic N) is 2. The summed E-state index contributed by atoms with van der Waals surface area (Å²) in [4.78, 5) is 27.7. The van der Waals surface area contributed by atoms with E-state index < -0.39 is 16.1 Å². The summed E-state index contributed by atoms with van der Waals surface area (Å²) in [6, 6.07) is 13.5. The Morgan fingerprint density at radius 1 is 1.11 bits per heavy atom. The van der Waals surface area contributed by atoms with E-state index in [4.69, 9.17) is 11.6 Å². The van der Waals surface area contributed by atoms with Crippen LogP contribution in [0.1, 0.15) is 45.6 Å². The molecule has 0 aliphatic rings. The minimum absolute atomic E-state index is 0.00408. The van der Waals surface area contributed by atoms with E-state index in [2.05, 4.69) is 21.2 Å². The topological polar surface area (TPSA) is 86.8 Å². The van der Waals surface area contributed by atoms with Gasteiger partial charge in [0.15, 0.2) is 0 Å². The summed E-state index contributed by atoms with van der Waals surface area (Å²) >= 11 is 9.45. The first-order valence-corrected chi connectivity index (χ1v) is 14.5. The van der Waals surface area contributed by atoms with Gasteiger partial charge in [-0.05, 0) is 62.6 Å². The molecule has 0 unspecified atom stereocenters. The molecule has 0 saturated heterocycles. The van der Waals surface area contributed by atoms with Crippen LogP contribution in [0.2, 0.25) is 5.02 Å². The molecule has 2 aromatic rings. The Bertz CT molecular complexity index is 1110. The predicted octanol–water partition coefficient (Wildman–Crippen LogP) is 4.98. The number of carbonyl (C=O) groups excluding carboxylic acids is 2. The average molecular weight is 587 g/mol. The van der Waals surface area contributed by atoms with Crippen LogP contribution in [-0.4, -0.2) is 50.0 Å². The molecule has 2 atom stereocenters. The molecule has 0 bridgehead atoms. The van der Waals surface area contributed by atoms with Crippen LogP contribution in [0.5, 0.6) is 0 Å². The van der Waals surface area contributed by atoms with Crippen molar-refractivity contribution in [2.45, 2.75) is 58.7 Å². The number of nitrogens with one attached hydrogen (secondary N) is 1. The second-order valence-corrected chi connectivity index (χ2v) is 11.8. The van der Waals surface area contributed by atoms with Crippen molar-refractivity contribution in [1.82, 2.24) is 10.2 Å². The van der Waals surface area contributed by atoms with Crippen LogP contribution in [0.25, 0.3) is 0 Å². The Kier molecular flexibility index (Phi) is 11.0. The molecule has 0 saturated carbocycles. The fourth-order valence-electron chi connectivity index (χ4n) is 3.47. The van der Waals surface area contributed by atoms with Crippen LogP contribution in [0, 0.1) is 0 Å². The highest BCUT2D eigenvalue weighted by Gasteiger charge is 2.27. The van der Waals surface area contributed by atoms with Crippen molar-refractivity contribution >= 4 is 55.1 Å². The molecule has 0 fully saturated rings. The van der Waals surface area contributed by atoms with E-state index in [0.717, 1.165) is 22.7 Å². The Morgan fingerprint density at radius 3 is 2.34 bits per heavy atom. The number of carbonyl (C=O) groups is 2. The SMILES string of the molecule is CC[C@H](C)NC(=O)[C@H](C)N(Cc1ccc(Br)cc1)C(=O)CCCN(c1cccc(Cl)c1)S(C)(=O)=O. The molecule has 0 aromatic heterocycles. The summed E-state index contributed by atoms with van der Waals surface area (Å²) in [5, 5.41) is 3.37. The van der Waals surface area contributed by atoms with Gasteiger partial charge in [0.2, 0.25) is 21.8 Å². The van der Waals surface area contributed by atoms with Crippen molar-refractivity contribution in [2.24, 2.45) is 0 Å². The van der Waals surface area contributed by atoms with Crippen LogP contribution in [0.3, 0.4) is 0 Å². The lowest BCUT2D eigenvalue weighted by Crippen LogP contribution is -2.49. The first kappa shape index (κ1) is 29.1. The van der Waals surface area contributed by atoms with E-state index in [9.17, 15) is 18.0 Å². The molecule has 192 valence electrons. The summed E-state index contributed by atoms with van der Waals surface area (Å²) in [5.41, 5.74) is 1.34. The van der Waals surface area contributed by atoms with Crippen molar-refractivity contribution in [3.8, 4) is 0 Å². The molecule has 35 heavy (non-hydrogen) atoms. The van der Waals surface area contributed by atoms with E-state index in [1.54, 1.807) is 36.1 Å². The lowest BCUT2D eigenvalue weighted by molar-refractivity contribution is -0.140. The highest BCUT2D eigenvalue weighted by atomic mass is 79.9. The van der Waals surface area contributed by atoms with E-state index >= 15 is 0 Å². The molecule has 7 nitrogen and oxygen atoms in total. The van der Waals surface area contributed by atoms with Gasteiger partial charge in [-0.15, -0.1) is 0 Å². The second kappa shape index (κ2) is 13.3. The Morgan fingerprint density at radius 2 is 1.77 bits per heavy atom. The molecule has 1 N–H and O–H groups in total. The number of rotatable bonds is 12. The molecule has 0 aliphatic carbocycles. The molecule has 0 spiro atoms. The number of amides is 2. The molecule has 0 aliphatic heterocycles. The third-order valence-corrected chi connectivity index (χ3v) is 7.64. The van der Waals surface area contributed by atoms with Gasteiger partial charge in [-0.25, -0.2) is 8.42 Å². The van der Waals surface area contributed by atoms with E-state index in [1.807, 2.05) is 38.1 Å². The van der Waals surface area contributed by atoms with Gasteiger partial charge in [0.1, 0.15) is 6.04 Å². The maximum Gasteiger partial charge on any atom is 0.242 e. The van der Waals surface area contributed by atoms with Crippen LogP contribution in [0.4, 0.5) is 5.69 Å². The van der Waals surface area contributed by atoms with Crippen molar-refractivity contribution in [1.29, 1.82) is 0 Å². The zero-order valence-electron chi connectivity index (χ0n) is 20.5. The zero-order chi connectivity index (χ0) is 26.2. The van der Waals surface area contributed by atoms with E-state index in [-0.39, 0.29) is 43.8 Å². The van der Waals surface area contributed by atoms with Gasteiger partial charge in [-0.2, -0.15) is 0 Å². The lowest BCUT2D eigenvalue weighted by Gasteiger charge is -2.30. The summed E-state index contributed by atoms with van der Waals surface area (Å²) in [7, 11) is -3.57. The molecule has 10 heteroatoms. The Hall–Kier alpha value is -2.10. The largest absolute Gasteiger partial charge is 0.352 e. The van der Waals surface area contributed by atoms with Crippen molar-refractivity contribution in [3.63, 3.8) is 0 Å². The van der Waals surface area contributed by atoms with E-state index in [0.29, 0.717) is 10.7 Å². The monoisotopic (exact) mass is 585 g/mol. The fourth-order valence-corrected chi connectivity index (χ4v) is 4.88. The second-order valence-electron chi connectivity index (χ2n) is 8.56. The number of sulfonamides is 1. The summed E-state index contributed by atoms with van der Waals surface area (Å²) in [5.74, 6) is -0.444. The standard InChI is InChI=1S/C25H33BrClN3O4S/c1-5-18(2)28-25(32)19(3)29(17-20-11-13-21(26)14-12-20)24(31)10-7-15-30(35(4,33)34)23-9-6-8-22(27)16-23/h6,8-9,11-14,16,18-19H,5,7,10,15,17H2,1-4H3,(H,28,32)/t18-,19-/m0/s1. The molecule has 0 radical (unpaired) electrons. The van der Waals surface area contributed by atoms with Gasteiger partial charge >= 0.3 is 0 Å². The molecule has 2 amide bonds. The number of halogens is 2. The van der Waals surface area contributed by atoms with Gasteiger partial charge < -0.3 is 10.2 Å². The van der Waals surface area contributed by atoms with Crippen molar-refractivity contribution in [3.05, 3.63) is 63.6 Å². The summed E-state index contributed by atoms with van der Waals surface area (Å²) in [6.45, 7) is 5.99. The molecular weight excluding hydrogens is 554 g/mol. The van der Waals surface area contributed by atoms with Gasteiger partial charge in [-0.3, -0.25) is 13.9 Å². The zero-order valence-corrected chi connectivity index (χ0v) is 23.7. The summed E-state index contributed by atoms with van der Waals surface area (Å²) < 4.78 is 26.9. The van der Waals surface area contributed by atoms with Crippen LogP contribution >= 0.6 is 27.5 Å². The van der Waals surface area contributed by atoms with Gasteiger partial charge in [0.25, 0.3) is 0 Å². The number of hydrogen-bond donors (Lipinski definition) is 1. The maximum absolute atomic E-state index is 13.3. The molecule has 0 heterocycles. The summed E-state index contributed by atoms with van der Waals surface area (Å²) in [6.07, 6.45) is 2.28. The van der Waals surface area contributed by atoms with Crippen LogP contribution in [-0.2, 0) is 26.2 Å². The minimum Gasteiger partial charge on any atom is -0.352 e. The average Bonchev–Trinajstić information content (AvgIpc) is 2.79. The van der Waals surface area contributed by atoms with Gasteiger partial charge in [-0.1, -0.05) is 52.7 Å². The fraction of sp³-hybridized carbons (Fsp3) is 0.440. The predicted molar refractivity (Wildman–Crippen MR) is 145 cm³/mol. The van der Waals surface area contributed by atoms with Crippen LogP contribution < -0.4 is 9.62 Å². The number of hydrogen-bond acceptors (Lipinski definition) is 4.